The maximum Gasteiger partial charge on any atom is 0.235 e. The summed E-state index contributed by atoms with van der Waals surface area (Å²) in [5.74, 6) is 0.612. The van der Waals surface area contributed by atoms with Crippen LogP contribution in [0.4, 0.5) is 0 Å². The molecule has 0 bridgehead atoms. The lowest BCUT2D eigenvalue weighted by molar-refractivity contribution is 0.108. The first-order valence-electron chi connectivity index (χ1n) is 6.19. The number of halogens is 1. The van der Waals surface area contributed by atoms with Crippen LogP contribution in [0.5, 0.6) is 0 Å². The summed E-state index contributed by atoms with van der Waals surface area (Å²) in [4.78, 5) is 24.6. The van der Waals surface area contributed by atoms with Crippen molar-refractivity contribution in [2.75, 3.05) is 0 Å². The molecule has 3 rings (SSSR count). The van der Waals surface area contributed by atoms with Gasteiger partial charge in [0, 0.05) is 21.6 Å². The highest BCUT2D eigenvalue weighted by Crippen LogP contribution is 2.32. The number of pyridine rings is 1. The Bertz CT molecular complexity index is 867. The monoisotopic (exact) mass is 359 g/mol. The highest BCUT2D eigenvalue weighted by Gasteiger charge is 2.16. The minimum absolute atomic E-state index is 0.288. The summed E-state index contributed by atoms with van der Waals surface area (Å²) in [5.41, 5.74) is 2.37. The zero-order valence-electron chi connectivity index (χ0n) is 11.0. The molecule has 0 amide bonds. The van der Waals surface area contributed by atoms with Gasteiger partial charge in [-0.15, -0.1) is 0 Å². The van der Waals surface area contributed by atoms with Crippen molar-refractivity contribution in [1.82, 2.24) is 15.0 Å². The van der Waals surface area contributed by atoms with Gasteiger partial charge in [-0.25, -0.2) is 15.0 Å². The average Bonchev–Trinajstić information content (AvgIpc) is 2.46. The van der Waals surface area contributed by atoms with E-state index in [0.717, 1.165) is 15.4 Å². The summed E-state index contributed by atoms with van der Waals surface area (Å²) < 4.78 is 0.884. The van der Waals surface area contributed by atoms with Gasteiger partial charge in [-0.1, -0.05) is 46.8 Å². The molecule has 6 heteroatoms. The fourth-order valence-corrected chi connectivity index (χ4v) is 2.77. The molecule has 104 valence electrons. The number of hydrogen-bond acceptors (Lipinski definition) is 4. The van der Waals surface area contributed by atoms with Crippen molar-refractivity contribution in [3.05, 3.63) is 52.5 Å². The van der Waals surface area contributed by atoms with Crippen LogP contribution in [0.2, 0.25) is 0 Å². The first kappa shape index (κ1) is 14.2. The van der Waals surface area contributed by atoms with Gasteiger partial charge >= 0.3 is 0 Å². The molecule has 21 heavy (non-hydrogen) atoms. The van der Waals surface area contributed by atoms with E-state index in [2.05, 4.69) is 43.5 Å². The quantitative estimate of drug-likeness (QED) is 0.706. The maximum absolute atomic E-state index is 11.8. The Kier molecular flexibility index (Phi) is 3.73. The lowest BCUT2D eigenvalue weighted by Crippen LogP contribution is -2.01. The van der Waals surface area contributed by atoms with E-state index in [1.165, 1.54) is 0 Å². The number of aromatic nitrogens is 3. The number of rotatable bonds is 2. The smallest absolute Gasteiger partial charge is 0.235 e. The molecule has 0 unspecified atom stereocenters. The number of carbonyl (C=O) groups is 1. The molecular weight excluding hydrogens is 350 g/mol. The third-order valence-electron chi connectivity index (χ3n) is 3.06. The third-order valence-corrected chi connectivity index (χ3v) is 3.96. The molecular formula is C15H10BrN3OS. The summed E-state index contributed by atoms with van der Waals surface area (Å²) in [6.45, 7) is 1.78. The molecule has 0 saturated heterocycles. The Balaban J connectivity index is 2.35. The molecule has 0 aliphatic heterocycles. The van der Waals surface area contributed by atoms with E-state index in [0.29, 0.717) is 17.0 Å². The predicted octanol–water partition coefficient (Wildman–Crippen LogP) is 3.83. The molecule has 0 aliphatic rings. The highest BCUT2D eigenvalue weighted by molar-refractivity contribution is 9.10. The first-order chi connectivity index (χ1) is 10.1. The Morgan fingerprint density at radius 3 is 2.67 bits per heavy atom. The molecule has 2 aromatic heterocycles. The second-order valence-electron chi connectivity index (χ2n) is 4.50. The molecule has 0 N–H and O–H groups in total. The standard InChI is InChI=1S/C15H10BrN3OS/c1-8-17-7-9-6-11(10-4-2-3-5-12(10)16)13(15(20)21)19-14(9)18-8/h2-7H,1H3,(H,20,21). The number of carbonyl (C=O) groups excluding carboxylic acids is 1. The van der Waals surface area contributed by atoms with Crippen LogP contribution in [0.15, 0.2) is 41.0 Å². The lowest BCUT2D eigenvalue weighted by atomic mass is 10.0. The van der Waals surface area contributed by atoms with E-state index in [-0.39, 0.29) is 10.8 Å². The number of fused-ring (bicyclic) bond motifs is 1. The van der Waals surface area contributed by atoms with E-state index in [9.17, 15) is 4.79 Å². The van der Waals surface area contributed by atoms with Crippen molar-refractivity contribution in [2.24, 2.45) is 0 Å². The molecule has 0 spiro atoms. The van der Waals surface area contributed by atoms with Gasteiger partial charge < -0.3 is 0 Å². The third kappa shape index (κ3) is 2.69. The van der Waals surface area contributed by atoms with Crippen LogP contribution in [-0.4, -0.2) is 20.1 Å². The summed E-state index contributed by atoms with van der Waals surface area (Å²) >= 11 is 7.43. The van der Waals surface area contributed by atoms with Crippen LogP contribution < -0.4 is 0 Å². The van der Waals surface area contributed by atoms with E-state index >= 15 is 0 Å². The largest absolute Gasteiger partial charge is 0.280 e. The number of thiol groups is 1. The fourth-order valence-electron chi connectivity index (χ4n) is 2.10. The minimum atomic E-state index is -0.390. The molecule has 3 aromatic rings. The normalized spacial score (nSPS) is 10.8. The Hall–Kier alpha value is -1.79. The van der Waals surface area contributed by atoms with Crippen molar-refractivity contribution < 1.29 is 4.79 Å². The van der Waals surface area contributed by atoms with Crippen LogP contribution >= 0.6 is 28.6 Å². The van der Waals surface area contributed by atoms with Gasteiger partial charge in [-0.2, -0.15) is 0 Å². The van der Waals surface area contributed by atoms with Crippen LogP contribution in [-0.2, 0) is 0 Å². The van der Waals surface area contributed by atoms with E-state index < -0.39 is 0 Å². The van der Waals surface area contributed by atoms with Crippen LogP contribution in [0.1, 0.15) is 16.3 Å². The van der Waals surface area contributed by atoms with Gasteiger partial charge in [0.25, 0.3) is 0 Å². The minimum Gasteiger partial charge on any atom is -0.280 e. The van der Waals surface area contributed by atoms with Crippen molar-refractivity contribution in [3.8, 4) is 11.1 Å². The Morgan fingerprint density at radius 1 is 1.19 bits per heavy atom. The molecule has 2 heterocycles. The Labute approximate surface area is 135 Å². The van der Waals surface area contributed by atoms with Gasteiger partial charge in [0.05, 0.1) is 0 Å². The zero-order chi connectivity index (χ0) is 15.0. The van der Waals surface area contributed by atoms with Gasteiger partial charge in [0.1, 0.15) is 11.5 Å². The average molecular weight is 360 g/mol. The molecule has 0 atom stereocenters. The van der Waals surface area contributed by atoms with Gasteiger partial charge in [0.2, 0.25) is 5.12 Å². The number of nitrogens with zero attached hydrogens (tertiary/aromatic N) is 3. The summed E-state index contributed by atoms with van der Waals surface area (Å²) in [6, 6.07) is 9.52. The summed E-state index contributed by atoms with van der Waals surface area (Å²) in [7, 11) is 0. The SMILES string of the molecule is Cc1ncc2cc(-c3ccccc3Br)c(C(=O)S)nc2n1. The predicted molar refractivity (Wildman–Crippen MR) is 88.5 cm³/mol. The lowest BCUT2D eigenvalue weighted by Gasteiger charge is -2.09. The number of benzene rings is 1. The summed E-state index contributed by atoms with van der Waals surface area (Å²) in [6.07, 6.45) is 1.71. The van der Waals surface area contributed by atoms with E-state index in [4.69, 9.17) is 0 Å². The first-order valence-corrected chi connectivity index (χ1v) is 7.43. The van der Waals surface area contributed by atoms with Crippen molar-refractivity contribution >= 4 is 44.7 Å². The number of aryl methyl sites for hydroxylation is 1. The topological polar surface area (TPSA) is 55.7 Å². The highest BCUT2D eigenvalue weighted by atomic mass is 79.9. The van der Waals surface area contributed by atoms with Crippen molar-refractivity contribution in [1.29, 1.82) is 0 Å². The van der Waals surface area contributed by atoms with E-state index in [1.54, 1.807) is 13.1 Å². The number of hydrogen-bond donors (Lipinski definition) is 1. The zero-order valence-corrected chi connectivity index (χ0v) is 13.5. The molecule has 0 fully saturated rings. The summed E-state index contributed by atoms with van der Waals surface area (Å²) in [5, 5.41) is 0.392. The van der Waals surface area contributed by atoms with Gasteiger partial charge in [-0.05, 0) is 24.6 Å². The van der Waals surface area contributed by atoms with Crippen LogP contribution in [0, 0.1) is 6.92 Å². The maximum atomic E-state index is 11.8. The van der Waals surface area contributed by atoms with Crippen molar-refractivity contribution in [2.45, 2.75) is 6.92 Å². The van der Waals surface area contributed by atoms with Crippen LogP contribution in [0.3, 0.4) is 0 Å². The Morgan fingerprint density at radius 2 is 1.95 bits per heavy atom. The second-order valence-corrected chi connectivity index (χ2v) is 5.76. The van der Waals surface area contributed by atoms with E-state index in [1.807, 2.05) is 30.3 Å². The van der Waals surface area contributed by atoms with Crippen LogP contribution in [0.25, 0.3) is 22.2 Å². The van der Waals surface area contributed by atoms with Gasteiger partial charge in [0.15, 0.2) is 5.65 Å². The molecule has 0 radical (unpaired) electrons. The molecule has 0 saturated carbocycles. The second kappa shape index (κ2) is 5.54. The van der Waals surface area contributed by atoms with Crippen molar-refractivity contribution in [3.63, 3.8) is 0 Å². The fraction of sp³-hybridized carbons (Fsp3) is 0.0667. The van der Waals surface area contributed by atoms with Gasteiger partial charge in [-0.3, -0.25) is 4.79 Å². The molecule has 1 aromatic carbocycles. The molecule has 0 aliphatic carbocycles. The molecule has 4 nitrogen and oxygen atoms in total.